The van der Waals surface area contributed by atoms with Crippen LogP contribution in [0.25, 0.3) is 0 Å². The summed E-state index contributed by atoms with van der Waals surface area (Å²) in [6.45, 7) is 12.9. The molecular weight excluding hydrogens is 308 g/mol. The summed E-state index contributed by atoms with van der Waals surface area (Å²) in [6.07, 6.45) is 15.9. The molecule has 2 fully saturated rings. The van der Waals surface area contributed by atoms with Crippen molar-refractivity contribution in [1.29, 1.82) is 0 Å². The second kappa shape index (κ2) is 7.80. The third-order valence-corrected chi connectivity index (χ3v) is 6.82. The average Bonchev–Trinajstić information content (AvgIpc) is 2.60. The maximum absolute atomic E-state index is 6.68. The molecule has 0 spiro atoms. The first-order valence-corrected chi connectivity index (χ1v) is 10.2. The van der Waals surface area contributed by atoms with Crippen molar-refractivity contribution < 1.29 is 9.47 Å². The van der Waals surface area contributed by atoms with E-state index in [4.69, 9.17) is 9.47 Å². The van der Waals surface area contributed by atoms with Crippen molar-refractivity contribution >= 4 is 0 Å². The summed E-state index contributed by atoms with van der Waals surface area (Å²) < 4.78 is 13.2. The Bertz CT molecular complexity index is 534. The number of ether oxygens (including phenoxy) is 2. The minimum absolute atomic E-state index is 0.387. The molecule has 0 aromatic heterocycles. The number of hydrogen-bond donors (Lipinski definition) is 0. The number of rotatable bonds is 5. The second-order valence-electron chi connectivity index (χ2n) is 8.70. The molecule has 3 rings (SSSR count). The van der Waals surface area contributed by atoms with Gasteiger partial charge in [-0.1, -0.05) is 64.2 Å². The van der Waals surface area contributed by atoms with Gasteiger partial charge in [-0.15, -0.1) is 0 Å². The summed E-state index contributed by atoms with van der Waals surface area (Å²) in [6, 6.07) is 0. The molecule has 0 amide bonds. The van der Waals surface area contributed by atoms with Crippen LogP contribution in [0, 0.1) is 41.4 Å². The van der Waals surface area contributed by atoms with Crippen LogP contribution in [0.2, 0.25) is 0 Å². The first-order chi connectivity index (χ1) is 12.0. The van der Waals surface area contributed by atoms with Crippen molar-refractivity contribution in [3.8, 4) is 0 Å². The van der Waals surface area contributed by atoms with Crippen LogP contribution in [0.1, 0.15) is 47.5 Å². The molecule has 1 saturated carbocycles. The SMILES string of the molecule is C/C=C/C=C/C(C)CO[C@]12OC[C@@H](C)C3C=C[C@H](C)[C@H](CC[C@@H]1C)[C@H]32. The van der Waals surface area contributed by atoms with Crippen LogP contribution in [-0.2, 0) is 9.47 Å². The predicted octanol–water partition coefficient (Wildman–Crippen LogP) is 5.62. The molecule has 0 aromatic rings. The maximum Gasteiger partial charge on any atom is 0.174 e. The third-order valence-electron chi connectivity index (χ3n) is 6.82. The standard InChI is InChI=1S/C23H36O2/c1-6-7-8-9-16(2)14-24-23-19(5)11-13-20-17(3)10-12-21(22(20)23)18(4)15-25-23/h6-10,12,16-22H,11,13-15H2,1-5H3/b7-6+,9-8+/t16?,17-,18+,19-,20-,21?,22+,23-/m0/s1. The van der Waals surface area contributed by atoms with Crippen LogP contribution in [-0.4, -0.2) is 19.0 Å². The van der Waals surface area contributed by atoms with E-state index in [0.717, 1.165) is 13.2 Å². The topological polar surface area (TPSA) is 18.5 Å². The van der Waals surface area contributed by atoms with Crippen LogP contribution < -0.4 is 0 Å². The molecule has 1 heterocycles. The Morgan fingerprint density at radius 2 is 2.00 bits per heavy atom. The van der Waals surface area contributed by atoms with Gasteiger partial charge in [0, 0.05) is 11.8 Å². The molecule has 0 radical (unpaired) electrons. The van der Waals surface area contributed by atoms with Gasteiger partial charge in [-0.25, -0.2) is 0 Å². The predicted molar refractivity (Wildman–Crippen MR) is 104 cm³/mol. The third kappa shape index (κ3) is 3.53. The number of hydrogen-bond acceptors (Lipinski definition) is 2. The zero-order valence-electron chi connectivity index (χ0n) is 16.7. The van der Waals surface area contributed by atoms with Crippen LogP contribution in [0.4, 0.5) is 0 Å². The van der Waals surface area contributed by atoms with Gasteiger partial charge in [0.2, 0.25) is 0 Å². The van der Waals surface area contributed by atoms with E-state index in [1.54, 1.807) is 0 Å². The first kappa shape index (κ1) is 18.9. The molecule has 2 aliphatic carbocycles. The molecule has 140 valence electrons. The Balaban J connectivity index is 1.82. The normalized spacial score (nSPS) is 45.0. The summed E-state index contributed by atoms with van der Waals surface area (Å²) in [4.78, 5) is 0. The minimum Gasteiger partial charge on any atom is -0.349 e. The zero-order chi connectivity index (χ0) is 18.0. The molecule has 2 unspecified atom stereocenters. The largest absolute Gasteiger partial charge is 0.349 e. The fourth-order valence-electron chi connectivity index (χ4n) is 5.28. The Hall–Kier alpha value is -0.860. The molecule has 25 heavy (non-hydrogen) atoms. The maximum atomic E-state index is 6.68. The van der Waals surface area contributed by atoms with Crippen molar-refractivity contribution in [2.24, 2.45) is 41.4 Å². The number of allylic oxidation sites excluding steroid dienone is 5. The van der Waals surface area contributed by atoms with E-state index in [1.165, 1.54) is 12.8 Å². The Morgan fingerprint density at radius 3 is 2.76 bits per heavy atom. The smallest absolute Gasteiger partial charge is 0.174 e. The summed E-state index contributed by atoms with van der Waals surface area (Å²) in [5.74, 6) is 3.51. The van der Waals surface area contributed by atoms with Gasteiger partial charge in [0.05, 0.1) is 13.2 Å². The van der Waals surface area contributed by atoms with E-state index < -0.39 is 0 Å². The zero-order valence-corrected chi connectivity index (χ0v) is 16.7. The van der Waals surface area contributed by atoms with Gasteiger partial charge in [0.25, 0.3) is 0 Å². The van der Waals surface area contributed by atoms with Crippen molar-refractivity contribution in [3.63, 3.8) is 0 Å². The van der Waals surface area contributed by atoms with Crippen molar-refractivity contribution in [2.45, 2.75) is 53.2 Å². The highest BCUT2D eigenvalue weighted by atomic mass is 16.7. The van der Waals surface area contributed by atoms with Gasteiger partial charge in [0.15, 0.2) is 5.79 Å². The first-order valence-electron chi connectivity index (χ1n) is 10.2. The molecule has 2 heteroatoms. The van der Waals surface area contributed by atoms with Crippen LogP contribution in [0.5, 0.6) is 0 Å². The van der Waals surface area contributed by atoms with Crippen molar-refractivity contribution in [2.75, 3.05) is 13.2 Å². The van der Waals surface area contributed by atoms with Gasteiger partial charge >= 0.3 is 0 Å². The van der Waals surface area contributed by atoms with Gasteiger partial charge in [-0.2, -0.15) is 0 Å². The van der Waals surface area contributed by atoms with Gasteiger partial charge in [-0.3, -0.25) is 0 Å². The molecule has 0 aromatic carbocycles. The van der Waals surface area contributed by atoms with Gasteiger partial charge in [0.1, 0.15) is 0 Å². The quantitative estimate of drug-likeness (QED) is 0.476. The molecule has 1 aliphatic heterocycles. The van der Waals surface area contributed by atoms with Crippen molar-refractivity contribution in [3.05, 3.63) is 36.5 Å². The fourth-order valence-corrected chi connectivity index (χ4v) is 5.28. The second-order valence-corrected chi connectivity index (χ2v) is 8.70. The summed E-state index contributed by atoms with van der Waals surface area (Å²) in [7, 11) is 0. The van der Waals surface area contributed by atoms with E-state index >= 15 is 0 Å². The molecular formula is C23H36O2. The van der Waals surface area contributed by atoms with E-state index in [9.17, 15) is 0 Å². The van der Waals surface area contributed by atoms with E-state index in [1.807, 2.05) is 6.92 Å². The Kier molecular flexibility index (Phi) is 5.90. The fraction of sp³-hybridized carbons (Fsp3) is 0.739. The van der Waals surface area contributed by atoms with Crippen LogP contribution >= 0.6 is 0 Å². The van der Waals surface area contributed by atoms with E-state index in [2.05, 4.69) is 64.2 Å². The van der Waals surface area contributed by atoms with Crippen LogP contribution in [0.15, 0.2) is 36.5 Å². The molecule has 3 aliphatic rings. The highest BCUT2D eigenvalue weighted by molar-refractivity contribution is 5.13. The lowest BCUT2D eigenvalue weighted by Crippen LogP contribution is -2.63. The highest BCUT2D eigenvalue weighted by Gasteiger charge is 2.59. The monoisotopic (exact) mass is 344 g/mol. The molecule has 2 nitrogen and oxygen atoms in total. The molecule has 0 N–H and O–H groups in total. The lowest BCUT2D eigenvalue weighted by atomic mass is 9.56. The average molecular weight is 345 g/mol. The molecule has 1 saturated heterocycles. The van der Waals surface area contributed by atoms with E-state index in [0.29, 0.717) is 41.4 Å². The summed E-state index contributed by atoms with van der Waals surface area (Å²) in [5, 5.41) is 0. The molecule has 8 atom stereocenters. The summed E-state index contributed by atoms with van der Waals surface area (Å²) in [5.41, 5.74) is 0. The lowest BCUT2D eigenvalue weighted by Gasteiger charge is -2.59. The van der Waals surface area contributed by atoms with E-state index in [-0.39, 0.29) is 5.79 Å². The Labute approximate surface area is 154 Å². The Morgan fingerprint density at radius 1 is 1.20 bits per heavy atom. The minimum atomic E-state index is -0.387. The summed E-state index contributed by atoms with van der Waals surface area (Å²) >= 11 is 0. The highest BCUT2D eigenvalue weighted by Crippen LogP contribution is 2.57. The molecule has 0 bridgehead atoms. The van der Waals surface area contributed by atoms with Crippen molar-refractivity contribution in [1.82, 2.24) is 0 Å². The van der Waals surface area contributed by atoms with Gasteiger partial charge < -0.3 is 9.47 Å². The van der Waals surface area contributed by atoms with Crippen LogP contribution in [0.3, 0.4) is 0 Å². The van der Waals surface area contributed by atoms with Gasteiger partial charge in [-0.05, 0) is 49.4 Å². The lowest BCUT2D eigenvalue weighted by molar-refractivity contribution is -0.351.